The molecule has 0 saturated carbocycles. The highest BCUT2D eigenvalue weighted by Gasteiger charge is 2.07. The van der Waals surface area contributed by atoms with Gasteiger partial charge in [-0.3, -0.25) is 4.79 Å². The first-order valence-corrected chi connectivity index (χ1v) is 7.71. The Kier molecular flexibility index (Phi) is 4.10. The van der Waals surface area contributed by atoms with Gasteiger partial charge in [0.25, 0.3) is 0 Å². The molecule has 0 unspecified atom stereocenters. The van der Waals surface area contributed by atoms with Gasteiger partial charge in [0.05, 0.1) is 5.52 Å². The minimum Gasteiger partial charge on any atom is -0.365 e. The van der Waals surface area contributed by atoms with Gasteiger partial charge in [-0.15, -0.1) is 0 Å². The third-order valence-corrected chi connectivity index (χ3v) is 3.82. The van der Waals surface area contributed by atoms with Gasteiger partial charge in [-0.05, 0) is 42.2 Å². The van der Waals surface area contributed by atoms with Crippen LogP contribution < -0.4 is 10.9 Å². The molecular weight excluding hydrogens is 288 g/mol. The maximum absolute atomic E-state index is 11.5. The molecule has 23 heavy (non-hydrogen) atoms. The molecule has 0 radical (unpaired) electrons. The molecule has 5 heteroatoms. The summed E-state index contributed by atoms with van der Waals surface area (Å²) in [7, 11) is 0. The molecule has 0 aliphatic rings. The predicted octanol–water partition coefficient (Wildman–Crippen LogP) is 3.36. The molecule has 5 nitrogen and oxygen atoms in total. The topological polar surface area (TPSA) is 70.7 Å². The maximum atomic E-state index is 11.5. The van der Waals surface area contributed by atoms with E-state index in [0.717, 1.165) is 28.0 Å². The highest BCUT2D eigenvalue weighted by Crippen LogP contribution is 2.24. The first-order chi connectivity index (χ1) is 11.0. The number of aromatic amines is 1. The summed E-state index contributed by atoms with van der Waals surface area (Å²) in [6.07, 6.45) is 1.56. The summed E-state index contributed by atoms with van der Waals surface area (Å²) in [6, 6.07) is 9.81. The first-order valence-electron chi connectivity index (χ1n) is 7.71. The van der Waals surface area contributed by atoms with Crippen LogP contribution in [0.5, 0.6) is 0 Å². The summed E-state index contributed by atoms with van der Waals surface area (Å²) < 4.78 is 0. The fourth-order valence-corrected chi connectivity index (χ4v) is 2.62. The minimum absolute atomic E-state index is 0.0866. The lowest BCUT2D eigenvalue weighted by molar-refractivity contribution is 0.868. The van der Waals surface area contributed by atoms with Crippen LogP contribution in [0.4, 0.5) is 5.82 Å². The molecule has 0 saturated heterocycles. The summed E-state index contributed by atoms with van der Waals surface area (Å²) in [5, 5.41) is 4.32. The van der Waals surface area contributed by atoms with Crippen LogP contribution in [0.25, 0.3) is 10.9 Å². The second-order valence-corrected chi connectivity index (χ2v) is 6.04. The van der Waals surface area contributed by atoms with E-state index in [2.05, 4.69) is 46.2 Å². The molecule has 0 aliphatic heterocycles. The van der Waals surface area contributed by atoms with E-state index < -0.39 is 0 Å². The largest absolute Gasteiger partial charge is 0.365 e. The van der Waals surface area contributed by atoms with Crippen molar-refractivity contribution in [2.45, 2.75) is 33.2 Å². The van der Waals surface area contributed by atoms with Gasteiger partial charge >= 0.3 is 0 Å². The lowest BCUT2D eigenvalue weighted by Gasteiger charge is -2.11. The number of hydrogen-bond donors (Lipinski definition) is 2. The zero-order valence-corrected chi connectivity index (χ0v) is 13.6. The average molecular weight is 308 g/mol. The third kappa shape index (κ3) is 3.39. The number of aromatic nitrogens is 3. The molecule has 1 aromatic carbocycles. The Labute approximate surface area is 134 Å². The molecule has 0 aliphatic carbocycles. The van der Waals surface area contributed by atoms with Gasteiger partial charge in [-0.1, -0.05) is 19.9 Å². The molecule has 3 rings (SSSR count). The Hall–Kier alpha value is -2.69. The molecule has 0 atom stereocenters. The van der Waals surface area contributed by atoms with Crippen molar-refractivity contribution in [2.24, 2.45) is 0 Å². The normalized spacial score (nSPS) is 11.1. The van der Waals surface area contributed by atoms with Crippen LogP contribution in [0.15, 0.2) is 41.5 Å². The van der Waals surface area contributed by atoms with Crippen molar-refractivity contribution in [3.05, 3.63) is 63.8 Å². The summed E-state index contributed by atoms with van der Waals surface area (Å²) in [5.41, 5.74) is 3.86. The number of fused-ring (bicyclic) bond motifs is 1. The van der Waals surface area contributed by atoms with Crippen molar-refractivity contribution in [1.29, 1.82) is 0 Å². The molecule has 2 aromatic heterocycles. The second-order valence-electron chi connectivity index (χ2n) is 6.04. The number of rotatable bonds is 4. The molecule has 0 spiro atoms. The van der Waals surface area contributed by atoms with Crippen LogP contribution in [0.2, 0.25) is 0 Å². The summed E-state index contributed by atoms with van der Waals surface area (Å²) in [5.74, 6) is 1.23. The minimum atomic E-state index is -0.0866. The second kappa shape index (κ2) is 6.20. The van der Waals surface area contributed by atoms with Crippen LogP contribution in [0.1, 0.15) is 36.6 Å². The molecule has 3 aromatic rings. The number of anilines is 1. The van der Waals surface area contributed by atoms with Crippen LogP contribution in [0, 0.1) is 6.92 Å². The van der Waals surface area contributed by atoms with E-state index in [1.807, 2.05) is 19.1 Å². The Morgan fingerprint density at radius 2 is 2.00 bits per heavy atom. The zero-order valence-electron chi connectivity index (χ0n) is 13.6. The Balaban J connectivity index is 1.93. The molecule has 0 fully saturated rings. The van der Waals surface area contributed by atoms with Gasteiger partial charge in [0.1, 0.15) is 12.1 Å². The first kappa shape index (κ1) is 15.2. The number of benzene rings is 1. The van der Waals surface area contributed by atoms with E-state index in [1.54, 1.807) is 12.4 Å². The molecule has 2 heterocycles. The summed E-state index contributed by atoms with van der Waals surface area (Å²) in [4.78, 5) is 23.0. The predicted molar refractivity (Wildman–Crippen MR) is 92.8 cm³/mol. The van der Waals surface area contributed by atoms with E-state index in [0.29, 0.717) is 12.5 Å². The SMILES string of the molecule is Cc1cc(CNc2ncnc3ccc(C(C)C)cc23)cc(=O)[nH]1. The number of pyridine rings is 1. The lowest BCUT2D eigenvalue weighted by atomic mass is 10.0. The van der Waals surface area contributed by atoms with E-state index in [9.17, 15) is 4.79 Å². The van der Waals surface area contributed by atoms with Crippen LogP contribution >= 0.6 is 0 Å². The smallest absolute Gasteiger partial charge is 0.248 e. The van der Waals surface area contributed by atoms with E-state index >= 15 is 0 Å². The molecule has 0 amide bonds. The number of nitrogens with one attached hydrogen (secondary N) is 2. The lowest BCUT2D eigenvalue weighted by Crippen LogP contribution is -2.10. The average Bonchev–Trinajstić information content (AvgIpc) is 2.51. The van der Waals surface area contributed by atoms with Crippen molar-refractivity contribution in [1.82, 2.24) is 15.0 Å². The van der Waals surface area contributed by atoms with Crippen molar-refractivity contribution in [3.8, 4) is 0 Å². The number of H-pyrrole nitrogens is 1. The fraction of sp³-hybridized carbons (Fsp3) is 0.278. The van der Waals surface area contributed by atoms with Gasteiger partial charge in [0.15, 0.2) is 0 Å². The van der Waals surface area contributed by atoms with Crippen molar-refractivity contribution >= 4 is 16.7 Å². The maximum Gasteiger partial charge on any atom is 0.248 e. The monoisotopic (exact) mass is 308 g/mol. The molecular formula is C18H20N4O. The Morgan fingerprint density at radius 3 is 2.74 bits per heavy atom. The highest BCUT2D eigenvalue weighted by molar-refractivity contribution is 5.89. The van der Waals surface area contributed by atoms with Gasteiger partial charge in [-0.2, -0.15) is 0 Å². The van der Waals surface area contributed by atoms with E-state index in [1.165, 1.54) is 5.56 Å². The summed E-state index contributed by atoms with van der Waals surface area (Å²) in [6.45, 7) is 6.75. The van der Waals surface area contributed by atoms with Crippen LogP contribution in [0.3, 0.4) is 0 Å². The molecule has 2 N–H and O–H groups in total. The number of hydrogen-bond acceptors (Lipinski definition) is 4. The quantitative estimate of drug-likeness (QED) is 0.775. The summed E-state index contributed by atoms with van der Waals surface area (Å²) >= 11 is 0. The van der Waals surface area contributed by atoms with Crippen LogP contribution in [-0.2, 0) is 6.54 Å². The van der Waals surface area contributed by atoms with Gasteiger partial charge < -0.3 is 10.3 Å². The standard InChI is InChI=1S/C18H20N4O/c1-11(2)14-4-5-16-15(8-14)18(21-10-20-16)19-9-13-6-12(3)22-17(23)7-13/h4-8,10-11H,9H2,1-3H3,(H,22,23)(H,19,20,21). The Morgan fingerprint density at radius 1 is 1.17 bits per heavy atom. The van der Waals surface area contributed by atoms with E-state index in [4.69, 9.17) is 0 Å². The Bertz CT molecular complexity index is 899. The van der Waals surface area contributed by atoms with Gasteiger partial charge in [-0.25, -0.2) is 9.97 Å². The van der Waals surface area contributed by atoms with Gasteiger partial charge in [0, 0.05) is 23.7 Å². The van der Waals surface area contributed by atoms with Crippen molar-refractivity contribution < 1.29 is 0 Å². The molecule has 0 bridgehead atoms. The van der Waals surface area contributed by atoms with E-state index in [-0.39, 0.29) is 5.56 Å². The highest BCUT2D eigenvalue weighted by atomic mass is 16.1. The van der Waals surface area contributed by atoms with Crippen LogP contribution in [-0.4, -0.2) is 15.0 Å². The van der Waals surface area contributed by atoms with Crippen molar-refractivity contribution in [3.63, 3.8) is 0 Å². The van der Waals surface area contributed by atoms with Gasteiger partial charge in [0.2, 0.25) is 5.56 Å². The molecule has 118 valence electrons. The van der Waals surface area contributed by atoms with Crippen molar-refractivity contribution in [2.75, 3.05) is 5.32 Å². The number of nitrogens with zero attached hydrogens (tertiary/aromatic N) is 2. The third-order valence-electron chi connectivity index (χ3n) is 3.82. The number of aryl methyl sites for hydroxylation is 1. The zero-order chi connectivity index (χ0) is 16.4. The fourth-order valence-electron chi connectivity index (χ4n) is 2.62.